The first-order valence-electron chi connectivity index (χ1n) is 12.2. The van der Waals surface area contributed by atoms with Crippen LogP contribution in [0.15, 0.2) is 81.6 Å². The van der Waals surface area contributed by atoms with Gasteiger partial charge in [-0.2, -0.15) is 4.98 Å². The van der Waals surface area contributed by atoms with Crippen LogP contribution in [0.25, 0.3) is 11.1 Å². The van der Waals surface area contributed by atoms with Crippen LogP contribution < -0.4 is 5.56 Å². The zero-order chi connectivity index (χ0) is 27.4. The van der Waals surface area contributed by atoms with Gasteiger partial charge in [0.05, 0.1) is 17.1 Å². The van der Waals surface area contributed by atoms with Crippen LogP contribution in [0.4, 0.5) is 4.39 Å². The highest BCUT2D eigenvalue weighted by atomic mass is 35.5. The molecule has 0 radical (unpaired) electrons. The van der Waals surface area contributed by atoms with Crippen molar-refractivity contribution in [3.63, 3.8) is 0 Å². The lowest BCUT2D eigenvalue weighted by molar-refractivity contribution is 0.406. The highest BCUT2D eigenvalue weighted by molar-refractivity contribution is 7.91. The molecular formula is C28H27ClFN3O4S. The van der Waals surface area contributed by atoms with E-state index in [2.05, 4.69) is 9.97 Å². The number of aryl methyl sites for hydroxylation is 1. The van der Waals surface area contributed by atoms with Gasteiger partial charge in [-0.05, 0) is 54.3 Å². The first kappa shape index (κ1) is 27.5. The molecule has 0 bridgehead atoms. The number of hydrogen-bond donors (Lipinski definition) is 1. The molecule has 0 unspecified atom stereocenters. The second-order valence-electron chi connectivity index (χ2n) is 8.86. The fourth-order valence-electron chi connectivity index (χ4n) is 4.41. The largest absolute Gasteiger partial charge is 0.492 e. The van der Waals surface area contributed by atoms with Crippen molar-refractivity contribution in [1.82, 2.24) is 14.5 Å². The molecule has 2 aromatic carbocycles. The summed E-state index contributed by atoms with van der Waals surface area (Å²) in [7, 11) is -4.46. The molecule has 38 heavy (non-hydrogen) atoms. The van der Waals surface area contributed by atoms with Gasteiger partial charge in [-0.1, -0.05) is 56.1 Å². The van der Waals surface area contributed by atoms with Gasteiger partial charge >= 0.3 is 0 Å². The molecule has 1 atom stereocenters. The minimum Gasteiger partial charge on any atom is -0.492 e. The Morgan fingerprint density at radius 1 is 1.05 bits per heavy atom. The SMILES string of the molecule is CCCCc1nc(O)c(S(=O)(=O)c2ccc(-c3cncc(F)c3)cc2)c(=O)n1[C@@H](CC)c1cccc(Cl)c1. The van der Waals surface area contributed by atoms with Gasteiger partial charge in [0.2, 0.25) is 15.7 Å². The van der Waals surface area contributed by atoms with Crippen LogP contribution in [0.1, 0.15) is 50.5 Å². The molecule has 2 heterocycles. The molecule has 198 valence electrons. The van der Waals surface area contributed by atoms with E-state index >= 15 is 0 Å². The highest BCUT2D eigenvalue weighted by Crippen LogP contribution is 2.30. The van der Waals surface area contributed by atoms with Crippen molar-refractivity contribution in [3.8, 4) is 17.0 Å². The number of pyridine rings is 1. The third-order valence-electron chi connectivity index (χ3n) is 6.29. The third kappa shape index (κ3) is 5.49. The van der Waals surface area contributed by atoms with E-state index in [-0.39, 0.29) is 4.90 Å². The standard InChI is InChI=1S/C28H27ClFN3O4S/c1-3-5-9-25-32-27(34)26(28(35)33(25)24(4-2)19-7-6-8-21(29)14-19)38(36,37)23-12-10-18(11-13-23)20-15-22(30)17-31-16-20/h6-8,10-17,24,34H,3-5,9H2,1-2H3/t24-/m0/s1. The van der Waals surface area contributed by atoms with E-state index in [0.29, 0.717) is 41.2 Å². The third-order valence-corrected chi connectivity index (χ3v) is 8.31. The minimum atomic E-state index is -4.46. The highest BCUT2D eigenvalue weighted by Gasteiger charge is 2.31. The molecule has 0 amide bonds. The maximum Gasteiger partial charge on any atom is 0.277 e. The van der Waals surface area contributed by atoms with Gasteiger partial charge < -0.3 is 5.11 Å². The average molecular weight is 556 g/mol. The lowest BCUT2D eigenvalue weighted by atomic mass is 10.0. The summed E-state index contributed by atoms with van der Waals surface area (Å²) in [5.74, 6) is -1.06. The van der Waals surface area contributed by atoms with Crippen LogP contribution in [0.2, 0.25) is 5.02 Å². The maximum absolute atomic E-state index is 13.9. The molecule has 1 N–H and O–H groups in total. The van der Waals surface area contributed by atoms with Crippen LogP contribution in [-0.2, 0) is 16.3 Å². The quantitative estimate of drug-likeness (QED) is 0.273. The summed E-state index contributed by atoms with van der Waals surface area (Å²) < 4.78 is 42.2. The topological polar surface area (TPSA) is 102 Å². The smallest absolute Gasteiger partial charge is 0.277 e. The molecule has 0 fully saturated rings. The lowest BCUT2D eigenvalue weighted by Crippen LogP contribution is -2.33. The van der Waals surface area contributed by atoms with Crippen molar-refractivity contribution in [2.75, 3.05) is 0 Å². The Morgan fingerprint density at radius 3 is 2.42 bits per heavy atom. The monoisotopic (exact) mass is 555 g/mol. The molecule has 2 aromatic heterocycles. The first-order valence-corrected chi connectivity index (χ1v) is 14.1. The van der Waals surface area contributed by atoms with Gasteiger partial charge in [-0.3, -0.25) is 14.3 Å². The summed E-state index contributed by atoms with van der Waals surface area (Å²) in [6, 6.07) is 13.3. The number of rotatable bonds is 9. The van der Waals surface area contributed by atoms with E-state index in [0.717, 1.165) is 18.2 Å². The van der Waals surface area contributed by atoms with Crippen LogP contribution in [-0.4, -0.2) is 28.1 Å². The number of sulfone groups is 1. The van der Waals surface area contributed by atoms with E-state index in [4.69, 9.17) is 11.6 Å². The van der Waals surface area contributed by atoms with E-state index in [9.17, 15) is 22.7 Å². The number of aromatic hydroxyl groups is 1. The molecule has 0 saturated carbocycles. The first-order chi connectivity index (χ1) is 18.2. The van der Waals surface area contributed by atoms with Crippen molar-refractivity contribution in [2.24, 2.45) is 0 Å². The average Bonchev–Trinajstić information content (AvgIpc) is 2.89. The molecule has 0 spiro atoms. The Kier molecular flexibility index (Phi) is 8.28. The fourth-order valence-corrected chi connectivity index (χ4v) is 5.96. The fraction of sp³-hybridized carbons (Fsp3) is 0.250. The lowest BCUT2D eigenvalue weighted by Gasteiger charge is -2.23. The Balaban J connectivity index is 1.86. The number of aromatic nitrogens is 3. The zero-order valence-electron chi connectivity index (χ0n) is 20.9. The molecule has 0 aliphatic heterocycles. The van der Waals surface area contributed by atoms with Crippen molar-refractivity contribution in [1.29, 1.82) is 0 Å². The molecule has 4 rings (SSSR count). The van der Waals surface area contributed by atoms with Crippen LogP contribution in [0.3, 0.4) is 0 Å². The minimum absolute atomic E-state index is 0.205. The Bertz CT molecular complexity index is 1620. The van der Waals surface area contributed by atoms with E-state index in [1.165, 1.54) is 41.1 Å². The van der Waals surface area contributed by atoms with E-state index in [1.807, 2.05) is 19.9 Å². The Hall–Kier alpha value is -3.56. The zero-order valence-corrected chi connectivity index (χ0v) is 22.5. The molecule has 7 nitrogen and oxygen atoms in total. The van der Waals surface area contributed by atoms with Crippen molar-refractivity contribution in [2.45, 2.75) is 55.4 Å². The van der Waals surface area contributed by atoms with Crippen molar-refractivity contribution in [3.05, 3.63) is 99.6 Å². The molecule has 0 saturated heterocycles. The molecule has 0 aliphatic carbocycles. The van der Waals surface area contributed by atoms with Gasteiger partial charge in [-0.15, -0.1) is 0 Å². The number of unbranched alkanes of at least 4 members (excludes halogenated alkanes) is 1. The second-order valence-corrected chi connectivity index (χ2v) is 11.2. The van der Waals surface area contributed by atoms with Crippen molar-refractivity contribution < 1.29 is 17.9 Å². The van der Waals surface area contributed by atoms with Gasteiger partial charge in [0, 0.05) is 23.2 Å². The number of nitrogens with zero attached hydrogens (tertiary/aromatic N) is 3. The summed E-state index contributed by atoms with van der Waals surface area (Å²) in [6.07, 6.45) is 4.88. The van der Waals surface area contributed by atoms with Gasteiger partial charge in [0.15, 0.2) is 4.90 Å². The molecule has 0 aliphatic rings. The summed E-state index contributed by atoms with van der Waals surface area (Å²) in [5.41, 5.74) is 0.878. The summed E-state index contributed by atoms with van der Waals surface area (Å²) in [5, 5.41) is 11.2. The van der Waals surface area contributed by atoms with Crippen molar-refractivity contribution >= 4 is 21.4 Å². The van der Waals surface area contributed by atoms with Gasteiger partial charge in [0.25, 0.3) is 5.56 Å². The number of halogens is 2. The van der Waals surface area contributed by atoms with E-state index < -0.39 is 38.0 Å². The van der Waals surface area contributed by atoms with Gasteiger partial charge in [-0.25, -0.2) is 12.8 Å². The van der Waals surface area contributed by atoms with E-state index in [1.54, 1.807) is 18.2 Å². The van der Waals surface area contributed by atoms with Gasteiger partial charge in [0.1, 0.15) is 11.6 Å². The predicted octanol–water partition coefficient (Wildman–Crippen LogP) is 5.98. The number of hydrogen-bond acceptors (Lipinski definition) is 6. The summed E-state index contributed by atoms with van der Waals surface area (Å²) in [6.45, 7) is 3.86. The molecule has 10 heteroatoms. The normalized spacial score (nSPS) is 12.4. The van der Waals surface area contributed by atoms with Crippen LogP contribution in [0.5, 0.6) is 5.88 Å². The Morgan fingerprint density at radius 2 is 1.79 bits per heavy atom. The summed E-state index contributed by atoms with van der Waals surface area (Å²) in [4.78, 5) is 20.9. The maximum atomic E-state index is 13.9. The summed E-state index contributed by atoms with van der Waals surface area (Å²) >= 11 is 6.21. The molecule has 4 aromatic rings. The predicted molar refractivity (Wildman–Crippen MR) is 144 cm³/mol. The Labute approximate surface area is 225 Å². The molecular weight excluding hydrogens is 529 g/mol. The van der Waals surface area contributed by atoms with Crippen LogP contribution in [0, 0.1) is 5.82 Å². The second kappa shape index (κ2) is 11.4. The number of benzene rings is 2. The van der Waals surface area contributed by atoms with Crippen LogP contribution >= 0.6 is 11.6 Å².